The summed E-state index contributed by atoms with van der Waals surface area (Å²) >= 11 is 1.07. The molecule has 34 heavy (non-hydrogen) atoms. The molecule has 0 bridgehead atoms. The molecule has 1 aliphatic rings. The molecule has 0 radical (unpaired) electrons. The molecule has 3 aromatic carbocycles. The lowest BCUT2D eigenvalue weighted by atomic mass is 10.1. The fourth-order valence-corrected chi connectivity index (χ4v) is 6.40. The van der Waals surface area contributed by atoms with Crippen LogP contribution in [0.4, 0.5) is 0 Å². The molecule has 0 saturated carbocycles. The number of nitrogens with zero attached hydrogens (tertiary/aromatic N) is 2. The molecule has 1 fully saturated rings. The van der Waals surface area contributed by atoms with Crippen molar-refractivity contribution in [2.45, 2.75) is 37.4 Å². The van der Waals surface area contributed by atoms with E-state index in [1.807, 2.05) is 42.5 Å². The zero-order chi connectivity index (χ0) is 23.5. The van der Waals surface area contributed by atoms with Crippen molar-refractivity contribution in [3.8, 4) is 0 Å². The Balaban J connectivity index is 1.28. The minimum Gasteiger partial charge on any atom is -0.299 e. The minimum atomic E-state index is -3.70. The summed E-state index contributed by atoms with van der Waals surface area (Å²) in [5.41, 5.74) is 3.92. The van der Waals surface area contributed by atoms with Crippen LogP contribution in [0.3, 0.4) is 0 Å². The van der Waals surface area contributed by atoms with Crippen molar-refractivity contribution in [1.29, 1.82) is 0 Å². The van der Waals surface area contributed by atoms with Gasteiger partial charge in [0.25, 0.3) is 0 Å². The van der Waals surface area contributed by atoms with Crippen molar-refractivity contribution in [3.05, 3.63) is 99.2 Å². The topological polar surface area (TPSA) is 71.4 Å². The normalized spacial score (nSPS) is 14.7. The Bertz CT molecular complexity index is 1440. The Hall–Kier alpha value is -2.78. The molecule has 176 valence electrons. The van der Waals surface area contributed by atoms with Gasteiger partial charge in [-0.25, -0.2) is 13.1 Å². The fraction of sp³-hybridized carbons (Fsp3) is 0.269. The van der Waals surface area contributed by atoms with Crippen LogP contribution in [-0.2, 0) is 29.7 Å². The maximum Gasteiger partial charge on any atom is 0.308 e. The summed E-state index contributed by atoms with van der Waals surface area (Å²) in [6.45, 7) is 3.92. The molecular weight excluding hydrogens is 466 g/mol. The van der Waals surface area contributed by atoms with E-state index in [4.69, 9.17) is 0 Å². The number of hydrogen-bond donors (Lipinski definition) is 1. The van der Waals surface area contributed by atoms with Crippen LogP contribution in [0.2, 0.25) is 0 Å². The maximum absolute atomic E-state index is 12.9. The van der Waals surface area contributed by atoms with Gasteiger partial charge in [-0.1, -0.05) is 65.9 Å². The molecule has 2 heterocycles. The molecule has 5 rings (SSSR count). The molecular formula is C26H27N3O3S2. The lowest BCUT2D eigenvalue weighted by Crippen LogP contribution is -2.23. The highest BCUT2D eigenvalue weighted by Crippen LogP contribution is 2.23. The summed E-state index contributed by atoms with van der Waals surface area (Å²) in [5, 5.41) is 0. The van der Waals surface area contributed by atoms with E-state index in [9.17, 15) is 13.2 Å². The van der Waals surface area contributed by atoms with Crippen LogP contribution in [-0.4, -0.2) is 31.0 Å². The second kappa shape index (κ2) is 9.84. The monoisotopic (exact) mass is 493 g/mol. The molecule has 1 saturated heterocycles. The fourth-order valence-electron chi connectivity index (χ4n) is 4.35. The van der Waals surface area contributed by atoms with Crippen molar-refractivity contribution in [2.24, 2.45) is 0 Å². The zero-order valence-electron chi connectivity index (χ0n) is 18.8. The third-order valence-electron chi connectivity index (χ3n) is 6.23. The lowest BCUT2D eigenvalue weighted by Gasteiger charge is -2.14. The SMILES string of the molecule is O=c1sc2cc(S(=O)(=O)NCc3ccc(CN4CCCC4)cc3)ccc2n1Cc1ccccc1. The average Bonchev–Trinajstić information content (AvgIpc) is 3.46. The molecule has 1 aliphatic heterocycles. The van der Waals surface area contributed by atoms with Crippen LogP contribution < -0.4 is 9.60 Å². The van der Waals surface area contributed by atoms with E-state index in [1.54, 1.807) is 22.8 Å². The summed E-state index contributed by atoms with van der Waals surface area (Å²) in [7, 11) is -3.70. The van der Waals surface area contributed by atoms with Gasteiger partial charge >= 0.3 is 4.87 Å². The molecule has 0 spiro atoms. The Morgan fingerprint density at radius 2 is 1.50 bits per heavy atom. The van der Waals surface area contributed by atoms with E-state index in [2.05, 4.69) is 21.8 Å². The highest BCUT2D eigenvalue weighted by atomic mass is 32.2. The zero-order valence-corrected chi connectivity index (χ0v) is 20.4. The predicted octanol–water partition coefficient (Wildman–Crippen LogP) is 4.19. The number of benzene rings is 3. The van der Waals surface area contributed by atoms with Gasteiger partial charge in [-0.15, -0.1) is 0 Å². The predicted molar refractivity (Wildman–Crippen MR) is 137 cm³/mol. The number of fused-ring (bicyclic) bond motifs is 1. The molecule has 6 nitrogen and oxygen atoms in total. The van der Waals surface area contributed by atoms with Crippen LogP contribution in [0.5, 0.6) is 0 Å². The van der Waals surface area contributed by atoms with E-state index in [1.165, 1.54) is 18.4 Å². The Morgan fingerprint density at radius 3 is 2.24 bits per heavy atom. The summed E-state index contributed by atoms with van der Waals surface area (Å²) in [6.07, 6.45) is 2.53. The first-order valence-corrected chi connectivity index (χ1v) is 13.8. The Kier molecular flexibility index (Phi) is 6.65. The van der Waals surface area contributed by atoms with Crippen molar-refractivity contribution < 1.29 is 8.42 Å². The van der Waals surface area contributed by atoms with Gasteiger partial charge in [0.2, 0.25) is 10.0 Å². The quantitative estimate of drug-likeness (QED) is 0.400. The van der Waals surface area contributed by atoms with Crippen LogP contribution >= 0.6 is 11.3 Å². The summed E-state index contributed by atoms with van der Waals surface area (Å²) < 4.78 is 30.9. The van der Waals surface area contributed by atoms with Crippen LogP contribution in [0.15, 0.2) is 82.5 Å². The van der Waals surface area contributed by atoms with Gasteiger partial charge in [-0.3, -0.25) is 14.3 Å². The highest BCUT2D eigenvalue weighted by Gasteiger charge is 2.17. The number of likely N-dealkylation sites (tertiary alicyclic amines) is 1. The van der Waals surface area contributed by atoms with Gasteiger partial charge in [0, 0.05) is 13.1 Å². The van der Waals surface area contributed by atoms with E-state index in [0.29, 0.717) is 11.2 Å². The molecule has 4 aromatic rings. The second-order valence-corrected chi connectivity index (χ2v) is 11.5. The van der Waals surface area contributed by atoms with Gasteiger partial charge in [-0.05, 0) is 60.8 Å². The van der Waals surface area contributed by atoms with Gasteiger partial charge in [0.15, 0.2) is 0 Å². The van der Waals surface area contributed by atoms with E-state index < -0.39 is 10.0 Å². The van der Waals surface area contributed by atoms with Crippen molar-refractivity contribution in [2.75, 3.05) is 13.1 Å². The van der Waals surface area contributed by atoms with Crippen molar-refractivity contribution >= 4 is 31.6 Å². The van der Waals surface area contributed by atoms with Crippen molar-refractivity contribution in [3.63, 3.8) is 0 Å². The lowest BCUT2D eigenvalue weighted by molar-refractivity contribution is 0.331. The summed E-state index contributed by atoms with van der Waals surface area (Å²) in [4.78, 5) is 15.1. The average molecular weight is 494 g/mol. The highest BCUT2D eigenvalue weighted by molar-refractivity contribution is 7.89. The first kappa shape index (κ1) is 23.0. The molecule has 1 aromatic heterocycles. The first-order valence-electron chi connectivity index (χ1n) is 11.5. The van der Waals surface area contributed by atoms with Crippen molar-refractivity contribution in [1.82, 2.24) is 14.2 Å². The van der Waals surface area contributed by atoms with Gasteiger partial charge in [-0.2, -0.15) is 0 Å². The van der Waals surface area contributed by atoms with Gasteiger partial charge < -0.3 is 0 Å². The number of aromatic nitrogens is 1. The molecule has 0 aliphatic carbocycles. The Labute approximate surface area is 203 Å². The Morgan fingerprint density at radius 1 is 0.824 bits per heavy atom. The minimum absolute atomic E-state index is 0.101. The van der Waals surface area contributed by atoms with Gasteiger partial charge in [0.1, 0.15) is 0 Å². The standard InChI is InChI=1S/C26H27N3O3S2/c30-26-29(19-21-6-2-1-3-7-21)24-13-12-23(16-25(24)33-26)34(31,32)27-17-20-8-10-22(11-9-20)18-28-14-4-5-15-28/h1-3,6-13,16,27H,4-5,14-15,17-19H2. The maximum atomic E-state index is 12.9. The summed E-state index contributed by atoms with van der Waals surface area (Å²) in [6, 6.07) is 22.7. The number of thiazole rings is 1. The van der Waals surface area contributed by atoms with Gasteiger partial charge in [0.05, 0.1) is 21.7 Å². The van der Waals surface area contributed by atoms with E-state index in [-0.39, 0.29) is 16.3 Å². The summed E-state index contributed by atoms with van der Waals surface area (Å²) in [5.74, 6) is 0. The third kappa shape index (κ3) is 5.15. The van der Waals surface area contributed by atoms with E-state index in [0.717, 1.165) is 47.6 Å². The number of nitrogens with one attached hydrogen (secondary N) is 1. The van der Waals surface area contributed by atoms with Crippen LogP contribution in [0.25, 0.3) is 10.2 Å². The molecule has 0 unspecified atom stereocenters. The number of hydrogen-bond acceptors (Lipinski definition) is 5. The second-order valence-electron chi connectivity index (χ2n) is 8.69. The molecule has 0 atom stereocenters. The largest absolute Gasteiger partial charge is 0.308 e. The van der Waals surface area contributed by atoms with Crippen LogP contribution in [0.1, 0.15) is 29.5 Å². The number of sulfonamides is 1. The first-order chi connectivity index (χ1) is 16.5. The van der Waals surface area contributed by atoms with E-state index >= 15 is 0 Å². The number of rotatable bonds is 8. The van der Waals surface area contributed by atoms with Crippen LogP contribution in [0, 0.1) is 0 Å². The molecule has 0 amide bonds. The molecule has 8 heteroatoms. The molecule has 1 N–H and O–H groups in total. The smallest absolute Gasteiger partial charge is 0.299 e. The third-order valence-corrected chi connectivity index (χ3v) is 8.57.